The average molecular weight is 436 g/mol. The lowest BCUT2D eigenvalue weighted by Gasteiger charge is -2.18. The molecule has 1 amide bonds. The first-order valence-corrected chi connectivity index (χ1v) is 11.3. The van der Waals surface area contributed by atoms with E-state index in [9.17, 15) is 4.79 Å². The number of carbonyl (C=O) groups excluding carboxylic acids is 1. The highest BCUT2D eigenvalue weighted by Crippen LogP contribution is 2.56. The highest BCUT2D eigenvalue weighted by Gasteiger charge is 2.39. The highest BCUT2D eigenvalue weighted by molar-refractivity contribution is 5.97. The molecule has 2 aromatic carbocycles. The van der Waals surface area contributed by atoms with E-state index >= 15 is 0 Å². The second-order valence-corrected chi connectivity index (χ2v) is 9.12. The van der Waals surface area contributed by atoms with Gasteiger partial charge in [0.05, 0.1) is 6.26 Å². The fraction of sp³-hybridized carbons (Fsp3) is 0.214. The van der Waals surface area contributed by atoms with Gasteiger partial charge in [0.2, 0.25) is 0 Å². The van der Waals surface area contributed by atoms with Crippen LogP contribution >= 0.6 is 0 Å². The first-order valence-electron chi connectivity index (χ1n) is 11.3. The maximum absolute atomic E-state index is 13.0. The predicted octanol–water partition coefficient (Wildman–Crippen LogP) is 5.62. The number of hydrogen-bond acceptors (Lipinski definition) is 4. The van der Waals surface area contributed by atoms with Crippen molar-refractivity contribution in [1.82, 2.24) is 10.3 Å². The summed E-state index contributed by atoms with van der Waals surface area (Å²) in [5.74, 6) is 1.12. The molecule has 2 bridgehead atoms. The molecule has 2 unspecified atom stereocenters. The number of aryl methyl sites for hydroxylation is 2. The summed E-state index contributed by atoms with van der Waals surface area (Å²) in [6.45, 7) is 4.34. The molecule has 164 valence electrons. The van der Waals surface area contributed by atoms with Crippen molar-refractivity contribution in [2.24, 2.45) is 0 Å². The minimum atomic E-state index is -0.0736. The molecule has 0 aliphatic heterocycles. The Labute approximate surface area is 192 Å². The molecular weight excluding hydrogens is 410 g/mol. The monoisotopic (exact) mass is 435 g/mol. The second kappa shape index (κ2) is 7.34. The van der Waals surface area contributed by atoms with Crippen LogP contribution in [0.3, 0.4) is 0 Å². The van der Waals surface area contributed by atoms with E-state index in [1.807, 2.05) is 50.4 Å². The fourth-order valence-corrected chi connectivity index (χ4v) is 5.55. The summed E-state index contributed by atoms with van der Waals surface area (Å²) < 4.78 is 5.80. The van der Waals surface area contributed by atoms with Gasteiger partial charge >= 0.3 is 0 Å². The van der Waals surface area contributed by atoms with Gasteiger partial charge in [0.25, 0.3) is 5.91 Å². The van der Waals surface area contributed by atoms with Gasteiger partial charge < -0.3 is 15.5 Å². The van der Waals surface area contributed by atoms with Crippen LogP contribution in [0.5, 0.6) is 0 Å². The molecule has 0 spiro atoms. The molecule has 0 saturated heterocycles. The van der Waals surface area contributed by atoms with Crippen LogP contribution in [-0.4, -0.2) is 10.9 Å². The zero-order valence-corrected chi connectivity index (χ0v) is 18.7. The number of furan rings is 1. The van der Waals surface area contributed by atoms with Crippen LogP contribution < -0.4 is 11.1 Å². The number of benzene rings is 2. The topological polar surface area (TPSA) is 81.1 Å². The first-order chi connectivity index (χ1) is 16.0. The van der Waals surface area contributed by atoms with Crippen molar-refractivity contribution in [3.8, 4) is 0 Å². The maximum atomic E-state index is 13.0. The fourth-order valence-electron chi connectivity index (χ4n) is 5.55. The number of nitrogens with zero attached hydrogens (tertiary/aromatic N) is 1. The smallest absolute Gasteiger partial charge is 0.251 e. The lowest BCUT2D eigenvalue weighted by atomic mass is 9.86. The SMILES string of the molecule is Cc1cc(N)nc(C)c1CNC(=O)c1ccc2c(c1)C1CC2C=C1c1coc2ccccc12. The number of nitrogens with two attached hydrogens (primary N) is 1. The number of fused-ring (bicyclic) bond motifs is 6. The van der Waals surface area contributed by atoms with E-state index in [1.54, 1.807) is 0 Å². The van der Waals surface area contributed by atoms with Gasteiger partial charge in [-0.25, -0.2) is 4.98 Å². The van der Waals surface area contributed by atoms with Gasteiger partial charge in [-0.15, -0.1) is 0 Å². The number of hydrogen-bond donors (Lipinski definition) is 2. The number of anilines is 1. The Morgan fingerprint density at radius 2 is 2.00 bits per heavy atom. The Morgan fingerprint density at radius 3 is 2.85 bits per heavy atom. The van der Waals surface area contributed by atoms with Gasteiger partial charge in [-0.05, 0) is 72.4 Å². The van der Waals surface area contributed by atoms with Gasteiger partial charge in [0.1, 0.15) is 11.4 Å². The predicted molar refractivity (Wildman–Crippen MR) is 130 cm³/mol. The van der Waals surface area contributed by atoms with Crippen molar-refractivity contribution in [3.63, 3.8) is 0 Å². The molecular formula is C28H25N3O2. The van der Waals surface area contributed by atoms with Crippen molar-refractivity contribution in [2.75, 3.05) is 5.73 Å². The van der Waals surface area contributed by atoms with Gasteiger partial charge in [0, 0.05) is 40.6 Å². The molecule has 0 fully saturated rings. The van der Waals surface area contributed by atoms with Crippen molar-refractivity contribution in [3.05, 3.63) is 99.9 Å². The van der Waals surface area contributed by atoms with E-state index in [1.165, 1.54) is 22.3 Å². The molecule has 3 N–H and O–H groups in total. The van der Waals surface area contributed by atoms with Crippen LogP contribution in [0.4, 0.5) is 5.82 Å². The average Bonchev–Trinajstić information content (AvgIpc) is 3.51. The minimum Gasteiger partial charge on any atom is -0.464 e. The number of para-hydroxylation sites is 1. The number of pyridine rings is 1. The van der Waals surface area contributed by atoms with E-state index in [-0.39, 0.29) is 5.91 Å². The molecule has 2 atom stereocenters. The van der Waals surface area contributed by atoms with Gasteiger partial charge in [-0.3, -0.25) is 4.79 Å². The summed E-state index contributed by atoms with van der Waals surface area (Å²) >= 11 is 0. The quantitative estimate of drug-likeness (QED) is 0.436. The van der Waals surface area contributed by atoms with Crippen LogP contribution in [0.25, 0.3) is 16.5 Å². The zero-order chi connectivity index (χ0) is 22.7. The Kier molecular flexibility index (Phi) is 4.40. The molecule has 0 radical (unpaired) electrons. The summed E-state index contributed by atoms with van der Waals surface area (Å²) in [7, 11) is 0. The Morgan fingerprint density at radius 1 is 1.15 bits per heavy atom. The lowest BCUT2D eigenvalue weighted by molar-refractivity contribution is 0.0950. The van der Waals surface area contributed by atoms with Crippen LogP contribution in [0, 0.1) is 13.8 Å². The highest BCUT2D eigenvalue weighted by atomic mass is 16.3. The third-order valence-corrected chi connectivity index (χ3v) is 7.16. The molecule has 2 aliphatic carbocycles. The maximum Gasteiger partial charge on any atom is 0.251 e. The van der Waals surface area contributed by atoms with E-state index in [4.69, 9.17) is 10.2 Å². The van der Waals surface area contributed by atoms with Gasteiger partial charge in [-0.2, -0.15) is 0 Å². The van der Waals surface area contributed by atoms with Crippen molar-refractivity contribution >= 4 is 28.3 Å². The third kappa shape index (κ3) is 3.15. The first kappa shape index (κ1) is 19.8. The molecule has 0 saturated carbocycles. The third-order valence-electron chi connectivity index (χ3n) is 7.16. The Hall–Kier alpha value is -3.86. The van der Waals surface area contributed by atoms with Crippen LogP contribution in [0.1, 0.15) is 62.1 Å². The largest absolute Gasteiger partial charge is 0.464 e. The Balaban J connectivity index is 1.26. The van der Waals surface area contributed by atoms with Gasteiger partial charge in [-0.1, -0.05) is 30.3 Å². The van der Waals surface area contributed by atoms with E-state index in [0.29, 0.717) is 29.8 Å². The van der Waals surface area contributed by atoms with Gasteiger partial charge in [0.15, 0.2) is 0 Å². The molecule has 2 aromatic heterocycles. The Bertz CT molecular complexity index is 1440. The molecule has 5 heteroatoms. The summed E-state index contributed by atoms with van der Waals surface area (Å²) in [4.78, 5) is 17.3. The van der Waals surface area contributed by atoms with Crippen LogP contribution in [0.15, 0.2) is 65.3 Å². The summed E-state index contributed by atoms with van der Waals surface area (Å²) in [6, 6.07) is 16.1. The number of carbonyl (C=O) groups is 1. The van der Waals surface area contributed by atoms with E-state index < -0.39 is 0 Å². The molecule has 2 heterocycles. The van der Waals surface area contributed by atoms with Crippen LogP contribution in [0.2, 0.25) is 0 Å². The van der Waals surface area contributed by atoms with Crippen LogP contribution in [-0.2, 0) is 6.54 Å². The van der Waals surface area contributed by atoms with E-state index in [2.05, 4.69) is 34.6 Å². The molecule has 2 aliphatic rings. The molecule has 4 aromatic rings. The summed E-state index contributed by atoms with van der Waals surface area (Å²) in [5.41, 5.74) is 15.4. The number of amides is 1. The number of aromatic nitrogens is 1. The summed E-state index contributed by atoms with van der Waals surface area (Å²) in [6.07, 6.45) is 5.31. The van der Waals surface area contributed by atoms with E-state index in [0.717, 1.165) is 34.2 Å². The molecule has 5 nitrogen and oxygen atoms in total. The lowest BCUT2D eigenvalue weighted by Crippen LogP contribution is -2.24. The summed E-state index contributed by atoms with van der Waals surface area (Å²) in [5, 5.41) is 4.21. The zero-order valence-electron chi connectivity index (χ0n) is 18.7. The molecule has 6 rings (SSSR count). The number of allylic oxidation sites excluding steroid dienone is 2. The van der Waals surface area contributed by atoms with Crippen molar-refractivity contribution in [2.45, 2.75) is 38.6 Å². The second-order valence-electron chi connectivity index (χ2n) is 9.12. The minimum absolute atomic E-state index is 0.0736. The number of rotatable bonds is 4. The number of nitrogen functional groups attached to an aromatic ring is 1. The van der Waals surface area contributed by atoms with Crippen molar-refractivity contribution in [1.29, 1.82) is 0 Å². The van der Waals surface area contributed by atoms with Crippen molar-refractivity contribution < 1.29 is 9.21 Å². The standard InChI is InChI=1S/C28H25N3O2/c1-15-9-27(29)31-16(2)24(15)13-30-28(32)17-7-8-19-18-11-22(21(19)10-17)23(12-18)25-14-33-26-6-4-3-5-20(25)26/h3-10,12,14,18,22H,11,13H2,1-2H3,(H2,29,31)(H,30,32). The number of nitrogens with one attached hydrogen (secondary N) is 1. The normalized spacial score (nSPS) is 18.4. The molecule has 33 heavy (non-hydrogen) atoms.